The van der Waals surface area contributed by atoms with Gasteiger partial charge in [-0.3, -0.25) is 0 Å². The van der Waals surface area contributed by atoms with Gasteiger partial charge in [0.05, 0.1) is 4.47 Å². The molecule has 0 radical (unpaired) electrons. The smallest absolute Gasteiger partial charge is 0.143 e. The third kappa shape index (κ3) is 2.91. The molecular weight excluding hydrogens is 300 g/mol. The summed E-state index contributed by atoms with van der Waals surface area (Å²) in [6, 6.07) is 3.16. The van der Waals surface area contributed by atoms with E-state index < -0.39 is 11.6 Å². The van der Waals surface area contributed by atoms with E-state index in [2.05, 4.69) is 28.2 Å². The molecule has 0 aliphatic heterocycles. The van der Waals surface area contributed by atoms with Crippen LogP contribution in [0.25, 0.3) is 0 Å². The van der Waals surface area contributed by atoms with E-state index in [1.54, 1.807) is 0 Å². The largest absolute Gasteiger partial charge is 0.314 e. The molecule has 1 aliphatic carbocycles. The zero-order chi connectivity index (χ0) is 13.1. The Bertz CT molecular complexity index is 421. The van der Waals surface area contributed by atoms with Gasteiger partial charge in [-0.05, 0) is 59.8 Å². The van der Waals surface area contributed by atoms with Crippen LogP contribution in [0.1, 0.15) is 44.1 Å². The Labute approximate surface area is 115 Å². The molecule has 1 aliphatic rings. The van der Waals surface area contributed by atoms with E-state index in [1.807, 2.05) is 0 Å². The van der Waals surface area contributed by atoms with Crippen LogP contribution in [-0.2, 0) is 0 Å². The van der Waals surface area contributed by atoms with Crippen molar-refractivity contribution in [3.63, 3.8) is 0 Å². The number of halogens is 3. The van der Waals surface area contributed by atoms with Crippen LogP contribution < -0.4 is 5.32 Å². The molecule has 0 amide bonds. The molecule has 2 rings (SSSR count). The second-order valence-electron chi connectivity index (χ2n) is 4.87. The average molecular weight is 318 g/mol. The Kier molecular flexibility index (Phi) is 4.73. The molecule has 0 heterocycles. The molecule has 18 heavy (non-hydrogen) atoms. The number of hydrogen-bond donors (Lipinski definition) is 1. The summed E-state index contributed by atoms with van der Waals surface area (Å²) in [6.07, 6.45) is 3.81. The number of hydrogen-bond acceptors (Lipinski definition) is 1. The van der Waals surface area contributed by atoms with Gasteiger partial charge in [0, 0.05) is 11.6 Å². The summed E-state index contributed by atoms with van der Waals surface area (Å²) in [5.74, 6) is -0.865. The van der Waals surface area contributed by atoms with E-state index >= 15 is 0 Å². The maximum atomic E-state index is 14.1. The van der Waals surface area contributed by atoms with Gasteiger partial charge in [-0.25, -0.2) is 8.78 Å². The molecule has 2 unspecified atom stereocenters. The van der Waals surface area contributed by atoms with Gasteiger partial charge in [-0.1, -0.05) is 13.3 Å². The van der Waals surface area contributed by atoms with Crippen molar-refractivity contribution in [2.24, 2.45) is 0 Å². The highest BCUT2D eigenvalue weighted by atomic mass is 79.9. The molecule has 2 atom stereocenters. The van der Waals surface area contributed by atoms with Crippen molar-refractivity contribution in [3.05, 3.63) is 33.8 Å². The second-order valence-corrected chi connectivity index (χ2v) is 5.73. The minimum absolute atomic E-state index is 0.0136. The molecule has 0 saturated heterocycles. The van der Waals surface area contributed by atoms with E-state index in [9.17, 15) is 8.78 Å². The summed E-state index contributed by atoms with van der Waals surface area (Å²) in [5, 5.41) is 3.38. The van der Waals surface area contributed by atoms with Gasteiger partial charge in [0.15, 0.2) is 0 Å². The Hall–Kier alpha value is -0.480. The van der Waals surface area contributed by atoms with Crippen LogP contribution in [0.15, 0.2) is 16.6 Å². The summed E-state index contributed by atoms with van der Waals surface area (Å²) in [6.45, 7) is 2.96. The highest BCUT2D eigenvalue weighted by molar-refractivity contribution is 9.10. The summed E-state index contributed by atoms with van der Waals surface area (Å²) in [7, 11) is 0. The fraction of sp³-hybridized carbons (Fsp3) is 0.571. The number of rotatable bonds is 3. The lowest BCUT2D eigenvalue weighted by Gasteiger charge is -2.30. The first-order valence-electron chi connectivity index (χ1n) is 6.50. The fourth-order valence-corrected chi connectivity index (χ4v) is 3.19. The van der Waals surface area contributed by atoms with Gasteiger partial charge in [0.2, 0.25) is 0 Å². The Morgan fingerprint density at radius 2 is 2.11 bits per heavy atom. The van der Waals surface area contributed by atoms with Crippen LogP contribution in [-0.4, -0.2) is 12.6 Å². The lowest BCUT2D eigenvalue weighted by molar-refractivity contribution is 0.332. The van der Waals surface area contributed by atoms with Crippen molar-refractivity contribution in [3.8, 4) is 0 Å². The monoisotopic (exact) mass is 317 g/mol. The summed E-state index contributed by atoms with van der Waals surface area (Å²) in [4.78, 5) is 0. The van der Waals surface area contributed by atoms with Gasteiger partial charge in [-0.2, -0.15) is 0 Å². The van der Waals surface area contributed by atoms with E-state index in [0.29, 0.717) is 10.5 Å². The van der Waals surface area contributed by atoms with Crippen molar-refractivity contribution in [1.82, 2.24) is 5.32 Å². The SMILES string of the molecule is CCNC1CCCC(c2c(F)ccc(Br)c2F)C1. The molecule has 1 saturated carbocycles. The normalized spacial score (nSPS) is 24.2. The third-order valence-electron chi connectivity index (χ3n) is 3.65. The van der Waals surface area contributed by atoms with Crippen molar-refractivity contribution < 1.29 is 8.78 Å². The zero-order valence-corrected chi connectivity index (χ0v) is 12.1. The van der Waals surface area contributed by atoms with Gasteiger partial charge in [-0.15, -0.1) is 0 Å². The summed E-state index contributed by atoms with van der Waals surface area (Å²) in [5.41, 5.74) is 0.256. The van der Waals surface area contributed by atoms with Crippen LogP contribution in [0.5, 0.6) is 0 Å². The highest BCUT2D eigenvalue weighted by Gasteiger charge is 2.27. The number of benzene rings is 1. The predicted molar refractivity (Wildman–Crippen MR) is 72.7 cm³/mol. The summed E-state index contributed by atoms with van der Waals surface area (Å²) >= 11 is 3.14. The molecule has 1 aromatic carbocycles. The first-order chi connectivity index (χ1) is 8.63. The lowest BCUT2D eigenvalue weighted by Crippen LogP contribution is -2.33. The van der Waals surface area contributed by atoms with Gasteiger partial charge in [0.1, 0.15) is 11.6 Å². The molecule has 0 bridgehead atoms. The maximum Gasteiger partial charge on any atom is 0.143 e. The van der Waals surface area contributed by atoms with Crippen LogP contribution in [0.4, 0.5) is 8.78 Å². The molecule has 0 spiro atoms. The first-order valence-corrected chi connectivity index (χ1v) is 7.29. The lowest BCUT2D eigenvalue weighted by atomic mass is 9.81. The molecule has 100 valence electrons. The molecule has 1 aromatic rings. The quantitative estimate of drug-likeness (QED) is 0.817. The molecular formula is C14H18BrF2N. The van der Waals surface area contributed by atoms with Crippen LogP contribution in [0, 0.1) is 11.6 Å². The Morgan fingerprint density at radius 3 is 2.83 bits per heavy atom. The van der Waals surface area contributed by atoms with Crippen molar-refractivity contribution >= 4 is 15.9 Å². The van der Waals surface area contributed by atoms with Crippen molar-refractivity contribution in [2.45, 2.75) is 44.6 Å². The van der Waals surface area contributed by atoms with Gasteiger partial charge in [0.25, 0.3) is 0 Å². The van der Waals surface area contributed by atoms with Crippen molar-refractivity contribution in [2.75, 3.05) is 6.54 Å². The van der Waals surface area contributed by atoms with Gasteiger partial charge < -0.3 is 5.32 Å². The van der Waals surface area contributed by atoms with Crippen LogP contribution in [0.3, 0.4) is 0 Å². The molecule has 1 nitrogen and oxygen atoms in total. The molecule has 4 heteroatoms. The minimum atomic E-state index is -0.433. The van der Waals surface area contributed by atoms with Gasteiger partial charge >= 0.3 is 0 Å². The maximum absolute atomic E-state index is 14.1. The van der Waals surface area contributed by atoms with Crippen LogP contribution >= 0.6 is 15.9 Å². The Morgan fingerprint density at radius 1 is 1.33 bits per heavy atom. The van der Waals surface area contributed by atoms with E-state index in [0.717, 1.165) is 32.2 Å². The third-order valence-corrected chi connectivity index (χ3v) is 4.27. The highest BCUT2D eigenvalue weighted by Crippen LogP contribution is 2.37. The second kappa shape index (κ2) is 6.11. The van der Waals surface area contributed by atoms with E-state index in [1.165, 1.54) is 12.1 Å². The minimum Gasteiger partial charge on any atom is -0.314 e. The molecule has 1 fully saturated rings. The molecule has 0 aromatic heterocycles. The zero-order valence-electron chi connectivity index (χ0n) is 10.5. The van der Waals surface area contributed by atoms with Crippen LogP contribution in [0.2, 0.25) is 0 Å². The predicted octanol–water partition coefficient (Wildman–Crippen LogP) is 4.36. The average Bonchev–Trinajstić information content (AvgIpc) is 2.35. The van der Waals surface area contributed by atoms with Crippen molar-refractivity contribution in [1.29, 1.82) is 0 Å². The topological polar surface area (TPSA) is 12.0 Å². The standard InChI is InChI=1S/C14H18BrF2N/c1-2-18-10-5-3-4-9(8-10)13-12(16)7-6-11(15)14(13)17/h6-7,9-10,18H,2-5,8H2,1H3. The molecule has 1 N–H and O–H groups in total. The first kappa shape index (κ1) is 13.9. The Balaban J connectivity index is 2.23. The fourth-order valence-electron chi connectivity index (χ4n) is 2.84. The van der Waals surface area contributed by atoms with E-state index in [4.69, 9.17) is 0 Å². The van der Waals surface area contributed by atoms with E-state index in [-0.39, 0.29) is 11.5 Å². The number of nitrogens with one attached hydrogen (secondary N) is 1. The summed E-state index contributed by atoms with van der Waals surface area (Å²) < 4.78 is 28.3.